The van der Waals surface area contributed by atoms with Gasteiger partial charge in [-0.25, -0.2) is 4.39 Å². The molecule has 2 heterocycles. The van der Waals surface area contributed by atoms with Crippen LogP contribution >= 0.6 is 0 Å². The van der Waals surface area contributed by atoms with Crippen LogP contribution in [0.25, 0.3) is 0 Å². The topological polar surface area (TPSA) is 12.0 Å². The Kier molecular flexibility index (Phi) is 2.70. The first-order valence-electron chi connectivity index (χ1n) is 6.64. The van der Waals surface area contributed by atoms with Crippen molar-refractivity contribution < 1.29 is 4.39 Å². The van der Waals surface area contributed by atoms with Crippen molar-refractivity contribution in [1.82, 2.24) is 5.32 Å². The molecule has 92 valence electrons. The summed E-state index contributed by atoms with van der Waals surface area (Å²) in [6.07, 6.45) is 3.83. The van der Waals surface area contributed by atoms with Crippen molar-refractivity contribution in [3.63, 3.8) is 0 Å². The van der Waals surface area contributed by atoms with E-state index in [9.17, 15) is 4.39 Å². The maximum absolute atomic E-state index is 14.7. The molecular weight excluding hydrogens is 213 g/mol. The van der Waals surface area contributed by atoms with Crippen molar-refractivity contribution in [3.05, 3.63) is 35.9 Å². The molecule has 1 nitrogen and oxygen atoms in total. The van der Waals surface area contributed by atoms with Gasteiger partial charge in [-0.2, -0.15) is 0 Å². The zero-order chi connectivity index (χ0) is 11.9. The minimum Gasteiger partial charge on any atom is -0.311 e. The summed E-state index contributed by atoms with van der Waals surface area (Å²) in [6, 6.07) is 11.1. The first-order chi connectivity index (χ1) is 8.15. The lowest BCUT2D eigenvalue weighted by Crippen LogP contribution is -2.53. The van der Waals surface area contributed by atoms with E-state index in [-0.39, 0.29) is 5.92 Å². The van der Waals surface area contributed by atoms with Crippen LogP contribution < -0.4 is 5.32 Å². The molecule has 0 aliphatic carbocycles. The first-order valence-corrected chi connectivity index (χ1v) is 6.64. The second-order valence-electron chi connectivity index (χ2n) is 5.83. The lowest BCUT2D eigenvalue weighted by molar-refractivity contribution is 0.0374. The highest BCUT2D eigenvalue weighted by molar-refractivity contribution is 5.18. The van der Waals surface area contributed by atoms with E-state index in [1.165, 1.54) is 5.56 Å². The number of hydrogen-bond acceptors (Lipinski definition) is 1. The molecule has 2 saturated heterocycles. The molecule has 0 saturated carbocycles. The van der Waals surface area contributed by atoms with Crippen LogP contribution in [0, 0.1) is 5.92 Å². The molecule has 0 radical (unpaired) electrons. The van der Waals surface area contributed by atoms with Crippen molar-refractivity contribution in [2.24, 2.45) is 5.92 Å². The number of benzene rings is 1. The Labute approximate surface area is 102 Å². The summed E-state index contributed by atoms with van der Waals surface area (Å²) in [5, 5.41) is 3.58. The van der Waals surface area contributed by atoms with Crippen LogP contribution in [0.2, 0.25) is 0 Å². The number of rotatable bonds is 2. The normalized spacial score (nSPS) is 40.5. The molecule has 17 heavy (non-hydrogen) atoms. The second-order valence-corrected chi connectivity index (χ2v) is 5.83. The molecule has 2 fully saturated rings. The summed E-state index contributed by atoms with van der Waals surface area (Å²) in [7, 11) is 0. The fraction of sp³-hybridized carbons (Fsp3) is 0.600. The highest BCUT2D eigenvalue weighted by Crippen LogP contribution is 2.42. The average Bonchev–Trinajstić information content (AvgIpc) is 2.69. The molecule has 4 atom stereocenters. The largest absolute Gasteiger partial charge is 0.311 e. The van der Waals surface area contributed by atoms with E-state index in [1.807, 2.05) is 18.2 Å². The van der Waals surface area contributed by atoms with Crippen molar-refractivity contribution in [1.29, 1.82) is 0 Å². The summed E-state index contributed by atoms with van der Waals surface area (Å²) in [6.45, 7) is 1.80. The third kappa shape index (κ3) is 2.11. The quantitative estimate of drug-likeness (QED) is 0.827. The maximum atomic E-state index is 14.7. The molecule has 1 N–H and O–H groups in total. The SMILES string of the molecule is CC1(F)CC2CCC(N2)C1Cc1ccccc1. The zero-order valence-corrected chi connectivity index (χ0v) is 10.3. The highest BCUT2D eigenvalue weighted by atomic mass is 19.1. The maximum Gasteiger partial charge on any atom is 0.114 e. The van der Waals surface area contributed by atoms with Gasteiger partial charge in [-0.3, -0.25) is 0 Å². The van der Waals surface area contributed by atoms with E-state index >= 15 is 0 Å². The van der Waals surface area contributed by atoms with Crippen LogP contribution in [0.1, 0.15) is 31.7 Å². The smallest absolute Gasteiger partial charge is 0.114 e. The molecule has 4 unspecified atom stereocenters. The zero-order valence-electron chi connectivity index (χ0n) is 10.3. The number of piperidine rings is 1. The Morgan fingerprint density at radius 3 is 2.82 bits per heavy atom. The van der Waals surface area contributed by atoms with Gasteiger partial charge >= 0.3 is 0 Å². The predicted molar refractivity (Wildman–Crippen MR) is 67.7 cm³/mol. The van der Waals surface area contributed by atoms with Gasteiger partial charge in [0.05, 0.1) is 0 Å². The monoisotopic (exact) mass is 233 g/mol. The number of hydrogen-bond donors (Lipinski definition) is 1. The average molecular weight is 233 g/mol. The number of alkyl halides is 1. The number of halogens is 1. The highest BCUT2D eigenvalue weighted by Gasteiger charge is 2.48. The van der Waals surface area contributed by atoms with Crippen molar-refractivity contribution in [2.45, 2.75) is 50.4 Å². The summed E-state index contributed by atoms with van der Waals surface area (Å²) in [5.74, 6) is 0.128. The third-order valence-corrected chi connectivity index (χ3v) is 4.48. The Morgan fingerprint density at radius 1 is 1.29 bits per heavy atom. The Bertz CT molecular complexity index is 387. The van der Waals surface area contributed by atoms with Crippen LogP contribution in [-0.2, 0) is 6.42 Å². The molecule has 2 aliphatic rings. The van der Waals surface area contributed by atoms with Crippen molar-refractivity contribution in [2.75, 3.05) is 0 Å². The van der Waals surface area contributed by atoms with E-state index in [4.69, 9.17) is 0 Å². The van der Waals surface area contributed by atoms with Gasteiger partial charge in [-0.05, 0) is 38.2 Å². The van der Waals surface area contributed by atoms with Crippen LogP contribution in [0.15, 0.2) is 30.3 Å². The molecule has 0 aromatic heterocycles. The van der Waals surface area contributed by atoms with Crippen LogP contribution in [-0.4, -0.2) is 17.8 Å². The van der Waals surface area contributed by atoms with Crippen molar-refractivity contribution >= 4 is 0 Å². The molecule has 0 amide bonds. The summed E-state index contributed by atoms with van der Waals surface area (Å²) < 4.78 is 14.7. The van der Waals surface area contributed by atoms with E-state index in [0.29, 0.717) is 18.5 Å². The number of nitrogens with one attached hydrogen (secondary N) is 1. The minimum absolute atomic E-state index is 0.128. The number of fused-ring (bicyclic) bond motifs is 2. The van der Waals surface area contributed by atoms with Crippen molar-refractivity contribution in [3.8, 4) is 0 Å². The van der Waals surface area contributed by atoms with Gasteiger partial charge in [0.1, 0.15) is 5.67 Å². The van der Waals surface area contributed by atoms with E-state index in [2.05, 4.69) is 17.4 Å². The molecule has 3 rings (SSSR count). The van der Waals surface area contributed by atoms with Crippen LogP contribution in [0.3, 0.4) is 0 Å². The third-order valence-electron chi connectivity index (χ3n) is 4.48. The fourth-order valence-corrected chi connectivity index (χ4v) is 3.60. The van der Waals surface area contributed by atoms with E-state index in [0.717, 1.165) is 19.3 Å². The summed E-state index contributed by atoms with van der Waals surface area (Å²) in [5.41, 5.74) is 0.251. The molecule has 2 heteroatoms. The molecule has 1 aromatic rings. The standard InChI is InChI=1S/C15H20FN/c1-15(16)10-12-7-8-14(17-12)13(15)9-11-5-3-2-4-6-11/h2-6,12-14,17H,7-10H2,1H3. The Morgan fingerprint density at radius 2 is 2.06 bits per heavy atom. The Balaban J connectivity index is 1.81. The van der Waals surface area contributed by atoms with Gasteiger partial charge in [0, 0.05) is 18.0 Å². The summed E-state index contributed by atoms with van der Waals surface area (Å²) >= 11 is 0. The summed E-state index contributed by atoms with van der Waals surface area (Å²) in [4.78, 5) is 0. The van der Waals surface area contributed by atoms with Gasteiger partial charge < -0.3 is 5.32 Å². The molecule has 0 spiro atoms. The van der Waals surface area contributed by atoms with Gasteiger partial charge in [-0.15, -0.1) is 0 Å². The van der Waals surface area contributed by atoms with E-state index < -0.39 is 5.67 Å². The lowest BCUT2D eigenvalue weighted by atomic mass is 9.76. The second kappa shape index (κ2) is 4.09. The molecular formula is C15H20FN. The van der Waals surface area contributed by atoms with Gasteiger partial charge in [0.25, 0.3) is 0 Å². The fourth-order valence-electron chi connectivity index (χ4n) is 3.60. The van der Waals surface area contributed by atoms with Gasteiger partial charge in [-0.1, -0.05) is 30.3 Å². The lowest BCUT2D eigenvalue weighted by Gasteiger charge is -2.40. The van der Waals surface area contributed by atoms with Crippen LogP contribution in [0.5, 0.6) is 0 Å². The molecule has 1 aromatic carbocycles. The van der Waals surface area contributed by atoms with Crippen LogP contribution in [0.4, 0.5) is 4.39 Å². The van der Waals surface area contributed by atoms with E-state index in [1.54, 1.807) is 6.92 Å². The molecule has 2 aliphatic heterocycles. The molecule has 2 bridgehead atoms. The minimum atomic E-state index is -1.01. The van der Waals surface area contributed by atoms with Gasteiger partial charge in [0.15, 0.2) is 0 Å². The first kappa shape index (κ1) is 11.2. The predicted octanol–water partition coefficient (Wildman–Crippen LogP) is 3.10. The Hall–Kier alpha value is -0.890. The van der Waals surface area contributed by atoms with Gasteiger partial charge in [0.2, 0.25) is 0 Å².